The summed E-state index contributed by atoms with van der Waals surface area (Å²) in [5, 5.41) is 0. The maximum atomic E-state index is 12.1. The summed E-state index contributed by atoms with van der Waals surface area (Å²) in [6.07, 6.45) is 9.11. The van der Waals surface area contributed by atoms with E-state index in [1.54, 1.807) is 0 Å². The Labute approximate surface area is 131 Å². The molecular formula is C17H26O3S. The SMILES string of the molecule is CCCCCCCCCC(=O)c1ccc(C2OCCO2)s1. The van der Waals surface area contributed by atoms with Crippen molar-refractivity contribution in [3.63, 3.8) is 0 Å². The van der Waals surface area contributed by atoms with Gasteiger partial charge in [0.15, 0.2) is 12.1 Å². The fourth-order valence-corrected chi connectivity index (χ4v) is 3.49. The highest BCUT2D eigenvalue weighted by molar-refractivity contribution is 7.14. The second-order valence-electron chi connectivity index (χ2n) is 5.57. The average molecular weight is 310 g/mol. The molecule has 1 saturated heterocycles. The summed E-state index contributed by atoms with van der Waals surface area (Å²) in [4.78, 5) is 14.0. The highest BCUT2D eigenvalue weighted by Gasteiger charge is 2.21. The maximum absolute atomic E-state index is 12.1. The fourth-order valence-electron chi connectivity index (χ4n) is 2.52. The number of unbranched alkanes of at least 4 members (excludes halogenated alkanes) is 6. The molecule has 1 aliphatic rings. The molecule has 1 aromatic rings. The van der Waals surface area contributed by atoms with Crippen LogP contribution < -0.4 is 0 Å². The fraction of sp³-hybridized carbons (Fsp3) is 0.706. The summed E-state index contributed by atoms with van der Waals surface area (Å²) in [6.45, 7) is 3.52. The van der Waals surface area contributed by atoms with E-state index in [0.29, 0.717) is 19.6 Å². The molecule has 0 radical (unpaired) electrons. The van der Waals surface area contributed by atoms with Crippen molar-refractivity contribution in [2.24, 2.45) is 0 Å². The summed E-state index contributed by atoms with van der Waals surface area (Å²) in [5.74, 6) is 0.262. The second kappa shape index (κ2) is 9.34. The molecular weight excluding hydrogens is 284 g/mol. The Hall–Kier alpha value is -0.710. The van der Waals surface area contributed by atoms with Crippen LogP contribution in [0.5, 0.6) is 0 Å². The average Bonchev–Trinajstić information content (AvgIpc) is 3.16. The van der Waals surface area contributed by atoms with Crippen molar-refractivity contribution in [1.29, 1.82) is 0 Å². The van der Waals surface area contributed by atoms with Crippen molar-refractivity contribution in [2.45, 2.75) is 64.6 Å². The Kier molecular flexibility index (Phi) is 7.41. The first-order chi connectivity index (χ1) is 10.3. The van der Waals surface area contributed by atoms with Crippen molar-refractivity contribution in [1.82, 2.24) is 0 Å². The first kappa shape index (κ1) is 16.7. The number of carbonyl (C=O) groups is 1. The van der Waals surface area contributed by atoms with E-state index in [1.165, 1.54) is 49.9 Å². The zero-order valence-electron chi connectivity index (χ0n) is 12.9. The molecule has 0 N–H and O–H groups in total. The maximum Gasteiger partial charge on any atom is 0.193 e. The Bertz CT molecular complexity index is 421. The van der Waals surface area contributed by atoms with Gasteiger partial charge < -0.3 is 9.47 Å². The second-order valence-corrected chi connectivity index (χ2v) is 6.69. The number of ketones is 1. The minimum absolute atomic E-state index is 0.255. The number of Topliss-reactive ketones (excluding diaryl/α,β-unsaturated/α-hetero) is 1. The predicted octanol–water partition coefficient (Wildman–Crippen LogP) is 5.12. The Morgan fingerprint density at radius 3 is 2.48 bits per heavy atom. The lowest BCUT2D eigenvalue weighted by Gasteiger charge is -2.04. The summed E-state index contributed by atoms with van der Waals surface area (Å²) < 4.78 is 10.9. The zero-order valence-corrected chi connectivity index (χ0v) is 13.8. The van der Waals surface area contributed by atoms with Gasteiger partial charge in [0.1, 0.15) is 0 Å². The van der Waals surface area contributed by atoms with Crippen LogP contribution in [0.15, 0.2) is 12.1 Å². The van der Waals surface area contributed by atoms with Gasteiger partial charge in [0.2, 0.25) is 0 Å². The monoisotopic (exact) mass is 310 g/mol. The number of carbonyl (C=O) groups excluding carboxylic acids is 1. The minimum Gasteiger partial charge on any atom is -0.345 e. The van der Waals surface area contributed by atoms with Crippen LogP contribution in [0.3, 0.4) is 0 Å². The van der Waals surface area contributed by atoms with Crippen LogP contribution in [-0.4, -0.2) is 19.0 Å². The first-order valence-corrected chi connectivity index (χ1v) is 8.99. The van der Waals surface area contributed by atoms with Gasteiger partial charge in [0.05, 0.1) is 23.0 Å². The molecule has 118 valence electrons. The van der Waals surface area contributed by atoms with Crippen LogP contribution in [0, 0.1) is 0 Å². The molecule has 2 heterocycles. The van der Waals surface area contributed by atoms with Crippen LogP contribution in [-0.2, 0) is 9.47 Å². The molecule has 1 fully saturated rings. The van der Waals surface area contributed by atoms with E-state index in [2.05, 4.69) is 6.92 Å². The van der Waals surface area contributed by atoms with E-state index in [1.807, 2.05) is 12.1 Å². The standard InChI is InChI=1S/C17H26O3S/c1-2-3-4-5-6-7-8-9-14(18)15-10-11-16(21-15)17-19-12-13-20-17/h10-11,17H,2-9,12-13H2,1H3. The van der Waals surface area contributed by atoms with Gasteiger partial charge in [0.25, 0.3) is 0 Å². The molecule has 1 aliphatic heterocycles. The number of ether oxygens (including phenoxy) is 2. The molecule has 0 bridgehead atoms. The molecule has 2 rings (SSSR count). The largest absolute Gasteiger partial charge is 0.345 e. The lowest BCUT2D eigenvalue weighted by Crippen LogP contribution is -1.96. The molecule has 0 atom stereocenters. The molecule has 0 aliphatic carbocycles. The lowest BCUT2D eigenvalue weighted by molar-refractivity contribution is -0.0413. The van der Waals surface area contributed by atoms with Gasteiger partial charge in [-0.15, -0.1) is 11.3 Å². The molecule has 3 nitrogen and oxygen atoms in total. The van der Waals surface area contributed by atoms with Gasteiger partial charge >= 0.3 is 0 Å². The summed E-state index contributed by atoms with van der Waals surface area (Å²) >= 11 is 1.51. The van der Waals surface area contributed by atoms with E-state index in [4.69, 9.17) is 9.47 Å². The third-order valence-electron chi connectivity index (χ3n) is 3.76. The summed E-state index contributed by atoms with van der Waals surface area (Å²) in [5.41, 5.74) is 0. The smallest absolute Gasteiger partial charge is 0.193 e. The normalized spacial score (nSPS) is 15.7. The van der Waals surface area contributed by atoms with Crippen molar-refractivity contribution in [3.05, 3.63) is 21.9 Å². The molecule has 21 heavy (non-hydrogen) atoms. The third kappa shape index (κ3) is 5.53. The molecule has 0 unspecified atom stereocenters. The van der Waals surface area contributed by atoms with Gasteiger partial charge in [-0.25, -0.2) is 0 Å². The Morgan fingerprint density at radius 1 is 1.10 bits per heavy atom. The van der Waals surface area contributed by atoms with E-state index >= 15 is 0 Å². The molecule has 4 heteroatoms. The van der Waals surface area contributed by atoms with Gasteiger partial charge in [-0.3, -0.25) is 4.79 Å². The van der Waals surface area contributed by atoms with E-state index in [9.17, 15) is 4.79 Å². The van der Waals surface area contributed by atoms with Crippen LogP contribution in [0.1, 0.15) is 79.1 Å². The van der Waals surface area contributed by atoms with Gasteiger partial charge in [-0.2, -0.15) is 0 Å². The number of rotatable bonds is 10. The zero-order chi connectivity index (χ0) is 14.9. The topological polar surface area (TPSA) is 35.5 Å². The highest BCUT2D eigenvalue weighted by Crippen LogP contribution is 2.30. The van der Waals surface area contributed by atoms with Crippen LogP contribution in [0.4, 0.5) is 0 Å². The van der Waals surface area contributed by atoms with E-state index in [-0.39, 0.29) is 12.1 Å². The molecule has 0 amide bonds. The highest BCUT2D eigenvalue weighted by atomic mass is 32.1. The van der Waals surface area contributed by atoms with Crippen LogP contribution in [0.25, 0.3) is 0 Å². The van der Waals surface area contributed by atoms with E-state index in [0.717, 1.165) is 16.2 Å². The van der Waals surface area contributed by atoms with Gasteiger partial charge in [0, 0.05) is 6.42 Å². The quantitative estimate of drug-likeness (QED) is 0.444. The minimum atomic E-state index is -0.255. The van der Waals surface area contributed by atoms with E-state index < -0.39 is 0 Å². The van der Waals surface area contributed by atoms with Crippen molar-refractivity contribution in [2.75, 3.05) is 13.2 Å². The number of thiophene rings is 1. The van der Waals surface area contributed by atoms with Gasteiger partial charge in [-0.1, -0.05) is 45.4 Å². The third-order valence-corrected chi connectivity index (χ3v) is 4.91. The molecule has 0 aromatic carbocycles. The van der Waals surface area contributed by atoms with Crippen LogP contribution >= 0.6 is 11.3 Å². The summed E-state index contributed by atoms with van der Waals surface area (Å²) in [7, 11) is 0. The predicted molar refractivity (Wildman–Crippen MR) is 85.9 cm³/mol. The summed E-state index contributed by atoms with van der Waals surface area (Å²) in [6, 6.07) is 3.87. The molecule has 0 saturated carbocycles. The number of hydrogen-bond donors (Lipinski definition) is 0. The first-order valence-electron chi connectivity index (χ1n) is 8.17. The lowest BCUT2D eigenvalue weighted by atomic mass is 10.1. The molecule has 1 aromatic heterocycles. The van der Waals surface area contributed by atoms with Crippen molar-refractivity contribution >= 4 is 17.1 Å². The Balaban J connectivity index is 1.64. The van der Waals surface area contributed by atoms with Crippen molar-refractivity contribution in [3.8, 4) is 0 Å². The van der Waals surface area contributed by atoms with Crippen molar-refractivity contribution < 1.29 is 14.3 Å². The molecule has 0 spiro atoms. The van der Waals surface area contributed by atoms with Crippen LogP contribution in [0.2, 0.25) is 0 Å². The Morgan fingerprint density at radius 2 is 1.76 bits per heavy atom. The number of hydrogen-bond acceptors (Lipinski definition) is 4. The van der Waals surface area contributed by atoms with Gasteiger partial charge in [-0.05, 0) is 18.6 Å².